The number of ketones is 1. The van der Waals surface area contributed by atoms with Gasteiger partial charge >= 0.3 is 0 Å². The van der Waals surface area contributed by atoms with Crippen LogP contribution in [0.5, 0.6) is 5.75 Å². The molecular weight excluding hydrogens is 420 g/mol. The Labute approximate surface area is 190 Å². The normalized spacial score (nSPS) is 19.4. The van der Waals surface area contributed by atoms with Gasteiger partial charge in [0.05, 0.1) is 23.8 Å². The predicted octanol–water partition coefficient (Wildman–Crippen LogP) is 2.93. The van der Waals surface area contributed by atoms with E-state index in [0.29, 0.717) is 30.0 Å². The molecule has 8 heteroatoms. The first-order valence-corrected chi connectivity index (χ1v) is 10.6. The number of aliphatic hydroxyl groups is 1. The number of anilines is 1. The van der Waals surface area contributed by atoms with Gasteiger partial charge < -0.3 is 19.6 Å². The van der Waals surface area contributed by atoms with Gasteiger partial charge in [-0.2, -0.15) is 0 Å². The number of pyridine rings is 2. The quantitative estimate of drug-likeness (QED) is 0.377. The summed E-state index contributed by atoms with van der Waals surface area (Å²) in [6.45, 7) is 1.50. The first-order chi connectivity index (χ1) is 16.0. The Hall–Kier alpha value is -4.20. The van der Waals surface area contributed by atoms with Crippen LogP contribution in [0.25, 0.3) is 5.76 Å². The van der Waals surface area contributed by atoms with Gasteiger partial charge in [0.25, 0.3) is 11.7 Å². The summed E-state index contributed by atoms with van der Waals surface area (Å²) in [6.07, 6.45) is 6.48. The molecule has 8 nitrogen and oxygen atoms in total. The van der Waals surface area contributed by atoms with Gasteiger partial charge in [-0.15, -0.1) is 0 Å². The number of likely N-dealkylation sites (N-methyl/N-ethyl adjacent to an activating group) is 1. The lowest BCUT2D eigenvalue weighted by molar-refractivity contribution is -0.140. The topological polar surface area (TPSA) is 95.9 Å². The molecule has 0 aliphatic carbocycles. The molecule has 2 aliphatic heterocycles. The highest BCUT2D eigenvalue weighted by molar-refractivity contribution is 6.46. The number of hydrogen-bond donors (Lipinski definition) is 1. The van der Waals surface area contributed by atoms with Crippen molar-refractivity contribution in [2.24, 2.45) is 0 Å². The molecule has 1 unspecified atom stereocenters. The average molecular weight is 442 g/mol. The van der Waals surface area contributed by atoms with Crippen molar-refractivity contribution in [3.63, 3.8) is 0 Å². The van der Waals surface area contributed by atoms with Crippen molar-refractivity contribution in [3.8, 4) is 5.75 Å². The number of fused-ring (bicyclic) bond motifs is 1. The van der Waals surface area contributed by atoms with Gasteiger partial charge in [-0.05, 0) is 53.6 Å². The van der Waals surface area contributed by atoms with Gasteiger partial charge in [0.2, 0.25) is 0 Å². The van der Waals surface area contributed by atoms with Crippen LogP contribution in [0.15, 0.2) is 72.8 Å². The standard InChI is InChI=1S/C25H22N4O4/c1-28-12-13-33-20-3-2-18(14-19(20)28)23(30)21-22(17-6-10-27-11-7-17)29(25(32)24(21)31)15-16-4-8-26-9-5-16/h2-11,14,22,30H,12-13,15H2,1H3/b23-21-. The lowest BCUT2D eigenvalue weighted by Gasteiger charge is -2.28. The first-order valence-electron chi connectivity index (χ1n) is 10.6. The van der Waals surface area contributed by atoms with Crippen LogP contribution in [-0.4, -0.2) is 51.9 Å². The molecule has 3 aromatic rings. The second-order valence-electron chi connectivity index (χ2n) is 8.02. The summed E-state index contributed by atoms with van der Waals surface area (Å²) in [6, 6.07) is 11.6. The molecular formula is C25H22N4O4. The molecule has 1 amide bonds. The lowest BCUT2D eigenvalue weighted by Crippen LogP contribution is -2.29. The molecule has 2 aliphatic rings. The highest BCUT2D eigenvalue weighted by atomic mass is 16.5. The zero-order valence-corrected chi connectivity index (χ0v) is 18.0. The van der Waals surface area contributed by atoms with Crippen molar-refractivity contribution in [2.75, 3.05) is 25.1 Å². The zero-order valence-electron chi connectivity index (χ0n) is 18.0. The largest absolute Gasteiger partial charge is 0.507 e. The molecule has 2 aromatic heterocycles. The summed E-state index contributed by atoms with van der Waals surface area (Å²) in [4.78, 5) is 37.9. The fraction of sp³-hybridized carbons (Fsp3) is 0.200. The number of amides is 1. The number of rotatable bonds is 4. The molecule has 0 spiro atoms. The zero-order chi connectivity index (χ0) is 22.9. The fourth-order valence-corrected chi connectivity index (χ4v) is 4.27. The van der Waals surface area contributed by atoms with E-state index in [2.05, 4.69) is 9.97 Å². The molecule has 0 bridgehead atoms. The summed E-state index contributed by atoms with van der Waals surface area (Å²) in [5, 5.41) is 11.3. The summed E-state index contributed by atoms with van der Waals surface area (Å²) >= 11 is 0. The molecule has 4 heterocycles. The number of aromatic nitrogens is 2. The SMILES string of the molecule is CN1CCOc2ccc(/C(O)=C3/C(=O)C(=O)N(Cc4ccncc4)C3c3ccncc3)cc21. The number of carbonyl (C=O) groups is 2. The van der Waals surface area contributed by atoms with Crippen molar-refractivity contribution in [1.29, 1.82) is 0 Å². The van der Waals surface area contributed by atoms with Crippen molar-refractivity contribution in [2.45, 2.75) is 12.6 Å². The Morgan fingerprint density at radius 2 is 1.76 bits per heavy atom. The van der Waals surface area contributed by atoms with Crippen molar-refractivity contribution >= 4 is 23.1 Å². The number of aliphatic hydroxyl groups excluding tert-OH is 1. The van der Waals surface area contributed by atoms with Crippen LogP contribution in [0.4, 0.5) is 5.69 Å². The van der Waals surface area contributed by atoms with Gasteiger partial charge in [-0.3, -0.25) is 19.6 Å². The number of ether oxygens (including phenoxy) is 1. The minimum atomic E-state index is -0.744. The minimum absolute atomic E-state index is 0.0552. The Balaban J connectivity index is 1.63. The molecule has 1 aromatic carbocycles. The molecule has 33 heavy (non-hydrogen) atoms. The highest BCUT2D eigenvalue weighted by Crippen LogP contribution is 2.41. The maximum absolute atomic E-state index is 13.2. The molecule has 1 N–H and O–H groups in total. The first kappa shape index (κ1) is 20.7. The summed E-state index contributed by atoms with van der Waals surface area (Å²) in [5.74, 6) is -0.877. The van der Waals surface area contributed by atoms with Crippen LogP contribution in [0, 0.1) is 0 Å². The van der Waals surface area contributed by atoms with Crippen LogP contribution in [-0.2, 0) is 16.1 Å². The Morgan fingerprint density at radius 3 is 2.48 bits per heavy atom. The maximum Gasteiger partial charge on any atom is 0.295 e. The average Bonchev–Trinajstić information content (AvgIpc) is 3.10. The van der Waals surface area contributed by atoms with E-state index in [9.17, 15) is 14.7 Å². The van der Waals surface area contributed by atoms with E-state index in [-0.39, 0.29) is 17.9 Å². The van der Waals surface area contributed by atoms with Crippen LogP contribution in [0.3, 0.4) is 0 Å². The lowest BCUT2D eigenvalue weighted by atomic mass is 9.95. The maximum atomic E-state index is 13.2. The summed E-state index contributed by atoms with van der Waals surface area (Å²) in [5.41, 5.74) is 2.85. The monoisotopic (exact) mass is 442 g/mol. The molecule has 5 rings (SSSR count). The van der Waals surface area contributed by atoms with E-state index in [0.717, 1.165) is 11.3 Å². The van der Waals surface area contributed by atoms with Gasteiger partial charge in [-0.1, -0.05) is 0 Å². The number of hydrogen-bond acceptors (Lipinski definition) is 7. The van der Waals surface area contributed by atoms with Crippen molar-refractivity contribution in [3.05, 3.63) is 89.5 Å². The number of carbonyl (C=O) groups excluding carboxylic acids is 2. The smallest absolute Gasteiger partial charge is 0.295 e. The van der Waals surface area contributed by atoms with Gasteiger partial charge in [-0.25, -0.2) is 0 Å². The van der Waals surface area contributed by atoms with E-state index >= 15 is 0 Å². The predicted molar refractivity (Wildman–Crippen MR) is 122 cm³/mol. The third kappa shape index (κ3) is 3.69. The molecule has 166 valence electrons. The van der Waals surface area contributed by atoms with Crippen LogP contribution in [0.2, 0.25) is 0 Å². The van der Waals surface area contributed by atoms with Crippen LogP contribution in [0.1, 0.15) is 22.7 Å². The van der Waals surface area contributed by atoms with Gasteiger partial charge in [0.15, 0.2) is 0 Å². The second-order valence-corrected chi connectivity index (χ2v) is 8.02. The fourth-order valence-electron chi connectivity index (χ4n) is 4.27. The number of nitrogens with zero attached hydrogens (tertiary/aromatic N) is 4. The Bertz CT molecular complexity index is 1240. The van der Waals surface area contributed by atoms with Gasteiger partial charge in [0, 0.05) is 43.9 Å². The van der Waals surface area contributed by atoms with Gasteiger partial charge in [0.1, 0.15) is 18.1 Å². The Kier molecular flexibility index (Phi) is 5.26. The van der Waals surface area contributed by atoms with Crippen molar-refractivity contribution < 1.29 is 19.4 Å². The van der Waals surface area contributed by atoms with E-state index in [4.69, 9.17) is 4.74 Å². The second kappa shape index (κ2) is 8.38. The van der Waals surface area contributed by atoms with E-state index < -0.39 is 17.7 Å². The number of likely N-dealkylation sites (tertiary alicyclic amines) is 1. The molecule has 1 saturated heterocycles. The third-order valence-corrected chi connectivity index (χ3v) is 5.99. The molecule has 1 atom stereocenters. The van der Waals surface area contributed by atoms with E-state index in [1.807, 2.05) is 11.9 Å². The summed E-state index contributed by atoms with van der Waals surface area (Å²) in [7, 11) is 1.94. The third-order valence-electron chi connectivity index (χ3n) is 5.99. The number of benzene rings is 1. The molecule has 1 fully saturated rings. The highest BCUT2D eigenvalue weighted by Gasteiger charge is 2.46. The number of Topliss-reactive ketones (excluding diaryl/α,β-unsaturated/α-hetero) is 1. The summed E-state index contributed by atoms with van der Waals surface area (Å²) < 4.78 is 5.69. The van der Waals surface area contributed by atoms with E-state index in [1.54, 1.807) is 67.3 Å². The van der Waals surface area contributed by atoms with Crippen LogP contribution < -0.4 is 9.64 Å². The molecule has 0 saturated carbocycles. The van der Waals surface area contributed by atoms with Crippen molar-refractivity contribution in [1.82, 2.24) is 14.9 Å². The Morgan fingerprint density at radius 1 is 1.06 bits per heavy atom. The van der Waals surface area contributed by atoms with Crippen LogP contribution >= 0.6 is 0 Å². The molecule has 0 radical (unpaired) electrons. The van der Waals surface area contributed by atoms with E-state index in [1.165, 1.54) is 4.90 Å². The minimum Gasteiger partial charge on any atom is -0.507 e.